The Hall–Kier alpha value is -0.520. The first-order chi connectivity index (χ1) is 4.34. The first-order valence-electron chi connectivity index (χ1n) is 3.21. The summed E-state index contributed by atoms with van der Waals surface area (Å²) in [7, 11) is 2.06. The number of hydrogen-bond donors (Lipinski definition) is 1. The first kappa shape index (κ1) is 6.60. The van der Waals surface area contributed by atoms with Crippen LogP contribution in [0.25, 0.3) is 0 Å². The van der Waals surface area contributed by atoms with Crippen molar-refractivity contribution in [2.24, 2.45) is 0 Å². The predicted molar refractivity (Wildman–Crippen MR) is 38.1 cm³/mol. The fraction of sp³-hybridized carbons (Fsp3) is 0.714. The standard InChI is InChI=1S/C7H12N2/c1-3-7-6-8-4-5-9(7)2/h1,7-8H,4-6H2,2H3/t7-/m0/s1. The maximum absolute atomic E-state index is 5.26. The van der Waals surface area contributed by atoms with Gasteiger partial charge in [0.1, 0.15) is 0 Å². The monoisotopic (exact) mass is 124 g/mol. The van der Waals surface area contributed by atoms with Crippen LogP contribution in [0.15, 0.2) is 0 Å². The Morgan fingerprint density at radius 3 is 3.00 bits per heavy atom. The highest BCUT2D eigenvalue weighted by atomic mass is 15.2. The van der Waals surface area contributed by atoms with Gasteiger partial charge in [-0.2, -0.15) is 0 Å². The second kappa shape index (κ2) is 2.86. The fourth-order valence-corrected chi connectivity index (χ4v) is 0.992. The average Bonchev–Trinajstić information content (AvgIpc) is 1.89. The van der Waals surface area contributed by atoms with Gasteiger partial charge in [0.15, 0.2) is 0 Å². The van der Waals surface area contributed by atoms with Crippen molar-refractivity contribution in [2.75, 3.05) is 26.7 Å². The minimum absolute atomic E-state index is 0.304. The van der Waals surface area contributed by atoms with Crippen LogP contribution in [-0.2, 0) is 0 Å². The molecule has 0 radical (unpaired) electrons. The highest BCUT2D eigenvalue weighted by molar-refractivity contribution is 5.02. The molecule has 0 unspecified atom stereocenters. The summed E-state index contributed by atoms with van der Waals surface area (Å²) in [5, 5.41) is 3.23. The quantitative estimate of drug-likeness (QED) is 0.439. The number of likely N-dealkylation sites (N-methyl/N-ethyl adjacent to an activating group) is 1. The summed E-state index contributed by atoms with van der Waals surface area (Å²) < 4.78 is 0. The molecule has 2 nitrogen and oxygen atoms in total. The lowest BCUT2D eigenvalue weighted by atomic mass is 10.2. The highest BCUT2D eigenvalue weighted by Gasteiger charge is 2.14. The third-order valence-electron chi connectivity index (χ3n) is 1.70. The molecule has 0 saturated carbocycles. The van der Waals surface area contributed by atoms with Crippen LogP contribution < -0.4 is 5.32 Å². The van der Waals surface area contributed by atoms with E-state index in [0.29, 0.717) is 6.04 Å². The van der Waals surface area contributed by atoms with Gasteiger partial charge in [-0.15, -0.1) is 6.42 Å². The van der Waals surface area contributed by atoms with Gasteiger partial charge >= 0.3 is 0 Å². The second-order valence-electron chi connectivity index (χ2n) is 2.37. The molecule has 0 aromatic heterocycles. The summed E-state index contributed by atoms with van der Waals surface area (Å²) in [5.74, 6) is 2.72. The summed E-state index contributed by atoms with van der Waals surface area (Å²) in [4.78, 5) is 2.19. The van der Waals surface area contributed by atoms with Crippen LogP contribution in [0.5, 0.6) is 0 Å². The number of hydrogen-bond acceptors (Lipinski definition) is 2. The summed E-state index contributed by atoms with van der Waals surface area (Å²) in [6.07, 6.45) is 5.26. The van der Waals surface area contributed by atoms with Crippen molar-refractivity contribution in [1.29, 1.82) is 0 Å². The topological polar surface area (TPSA) is 15.3 Å². The molecule has 1 aliphatic rings. The van der Waals surface area contributed by atoms with Gasteiger partial charge in [0.25, 0.3) is 0 Å². The van der Waals surface area contributed by atoms with Crippen molar-refractivity contribution < 1.29 is 0 Å². The van der Waals surface area contributed by atoms with E-state index in [2.05, 4.69) is 23.2 Å². The van der Waals surface area contributed by atoms with Crippen molar-refractivity contribution in [3.8, 4) is 12.3 Å². The van der Waals surface area contributed by atoms with Gasteiger partial charge in [0, 0.05) is 19.6 Å². The van der Waals surface area contributed by atoms with Gasteiger partial charge in [-0.3, -0.25) is 4.90 Å². The number of piperazine rings is 1. The van der Waals surface area contributed by atoms with E-state index in [-0.39, 0.29) is 0 Å². The summed E-state index contributed by atoms with van der Waals surface area (Å²) in [6, 6.07) is 0.304. The molecule has 2 heteroatoms. The van der Waals surface area contributed by atoms with E-state index in [9.17, 15) is 0 Å². The van der Waals surface area contributed by atoms with Gasteiger partial charge in [0.2, 0.25) is 0 Å². The van der Waals surface area contributed by atoms with E-state index in [0.717, 1.165) is 19.6 Å². The van der Waals surface area contributed by atoms with Crippen molar-refractivity contribution in [3.05, 3.63) is 0 Å². The van der Waals surface area contributed by atoms with Crippen LogP contribution >= 0.6 is 0 Å². The molecular weight excluding hydrogens is 112 g/mol. The normalized spacial score (nSPS) is 29.6. The Morgan fingerprint density at radius 1 is 1.78 bits per heavy atom. The molecule has 9 heavy (non-hydrogen) atoms. The first-order valence-corrected chi connectivity index (χ1v) is 3.21. The third kappa shape index (κ3) is 1.44. The summed E-state index contributed by atoms with van der Waals surface area (Å²) >= 11 is 0. The Labute approximate surface area is 56.2 Å². The lowest BCUT2D eigenvalue weighted by molar-refractivity contribution is 0.244. The number of rotatable bonds is 0. The predicted octanol–water partition coefficient (Wildman–Crippen LogP) is -0.477. The molecule has 0 aromatic rings. The van der Waals surface area contributed by atoms with Crippen molar-refractivity contribution in [1.82, 2.24) is 10.2 Å². The zero-order chi connectivity index (χ0) is 6.69. The molecule has 0 bridgehead atoms. The average molecular weight is 124 g/mol. The van der Waals surface area contributed by atoms with E-state index in [1.54, 1.807) is 0 Å². The molecule has 0 amide bonds. The molecule has 1 saturated heterocycles. The Balaban J connectivity index is 2.41. The van der Waals surface area contributed by atoms with E-state index in [4.69, 9.17) is 6.42 Å². The zero-order valence-electron chi connectivity index (χ0n) is 5.72. The van der Waals surface area contributed by atoms with E-state index >= 15 is 0 Å². The number of nitrogens with zero attached hydrogens (tertiary/aromatic N) is 1. The molecule has 0 spiro atoms. The lowest BCUT2D eigenvalue weighted by Gasteiger charge is -2.28. The largest absolute Gasteiger partial charge is 0.313 e. The van der Waals surface area contributed by atoms with Gasteiger partial charge < -0.3 is 5.32 Å². The van der Waals surface area contributed by atoms with Crippen LogP contribution in [-0.4, -0.2) is 37.6 Å². The Bertz CT molecular complexity index is 125. The van der Waals surface area contributed by atoms with Gasteiger partial charge in [-0.05, 0) is 7.05 Å². The van der Waals surface area contributed by atoms with Crippen LogP contribution in [0.2, 0.25) is 0 Å². The molecule has 1 rings (SSSR count). The van der Waals surface area contributed by atoms with E-state index in [1.165, 1.54) is 0 Å². The second-order valence-corrected chi connectivity index (χ2v) is 2.37. The molecule has 1 aliphatic heterocycles. The smallest absolute Gasteiger partial charge is 0.0836 e. The number of terminal acetylenes is 1. The SMILES string of the molecule is C#C[C@H]1CNCCN1C. The minimum atomic E-state index is 0.304. The third-order valence-corrected chi connectivity index (χ3v) is 1.70. The maximum atomic E-state index is 5.26. The van der Waals surface area contributed by atoms with Crippen molar-refractivity contribution in [2.45, 2.75) is 6.04 Å². The zero-order valence-corrected chi connectivity index (χ0v) is 5.72. The molecule has 1 N–H and O–H groups in total. The Morgan fingerprint density at radius 2 is 2.56 bits per heavy atom. The van der Waals surface area contributed by atoms with Gasteiger partial charge in [-0.25, -0.2) is 0 Å². The minimum Gasteiger partial charge on any atom is -0.313 e. The van der Waals surface area contributed by atoms with E-state index < -0.39 is 0 Å². The van der Waals surface area contributed by atoms with Crippen LogP contribution in [0.1, 0.15) is 0 Å². The fourth-order valence-electron chi connectivity index (χ4n) is 0.992. The summed E-state index contributed by atoms with van der Waals surface area (Å²) in [6.45, 7) is 3.07. The van der Waals surface area contributed by atoms with Crippen molar-refractivity contribution in [3.63, 3.8) is 0 Å². The molecule has 0 aromatic carbocycles. The van der Waals surface area contributed by atoms with Crippen molar-refractivity contribution >= 4 is 0 Å². The molecule has 0 aliphatic carbocycles. The lowest BCUT2D eigenvalue weighted by Crippen LogP contribution is -2.48. The van der Waals surface area contributed by atoms with Crippen LogP contribution in [0.4, 0.5) is 0 Å². The molecule has 1 atom stereocenters. The molecular formula is C7H12N2. The highest BCUT2D eigenvalue weighted by Crippen LogP contribution is 1.96. The molecule has 50 valence electrons. The Kier molecular flexibility index (Phi) is 2.10. The van der Waals surface area contributed by atoms with Gasteiger partial charge in [0.05, 0.1) is 6.04 Å². The molecule has 1 fully saturated rings. The van der Waals surface area contributed by atoms with E-state index in [1.807, 2.05) is 0 Å². The van der Waals surface area contributed by atoms with Gasteiger partial charge in [-0.1, -0.05) is 5.92 Å². The molecule has 1 heterocycles. The van der Waals surface area contributed by atoms with Crippen LogP contribution in [0.3, 0.4) is 0 Å². The summed E-state index contributed by atoms with van der Waals surface area (Å²) in [5.41, 5.74) is 0. The van der Waals surface area contributed by atoms with Crippen LogP contribution in [0, 0.1) is 12.3 Å². The maximum Gasteiger partial charge on any atom is 0.0836 e. The number of nitrogens with one attached hydrogen (secondary N) is 1.